The first kappa shape index (κ1) is 15.0. The molecule has 2 aromatic rings. The van der Waals surface area contributed by atoms with Gasteiger partial charge in [0, 0.05) is 58.1 Å². The average Bonchev–Trinajstić information content (AvgIpc) is 2.98. The third-order valence-corrected chi connectivity index (χ3v) is 4.53. The van der Waals surface area contributed by atoms with Crippen LogP contribution in [0.15, 0.2) is 42.6 Å². The Kier molecular flexibility index (Phi) is 4.68. The summed E-state index contributed by atoms with van der Waals surface area (Å²) in [6.07, 6.45) is 3.24. The van der Waals surface area contributed by atoms with Crippen LogP contribution in [0.4, 0.5) is 5.69 Å². The molecular formula is C18H25N3O. The van der Waals surface area contributed by atoms with E-state index in [0.717, 1.165) is 44.9 Å². The highest BCUT2D eigenvalue weighted by Crippen LogP contribution is 2.28. The summed E-state index contributed by atoms with van der Waals surface area (Å²) in [5.74, 6) is 0.972. The second kappa shape index (κ2) is 6.88. The molecule has 1 aliphatic heterocycles. The topological polar surface area (TPSA) is 20.6 Å². The van der Waals surface area contributed by atoms with Crippen LogP contribution in [0, 0.1) is 0 Å². The number of hydrogen-bond acceptors (Lipinski definition) is 3. The Labute approximate surface area is 132 Å². The Bertz CT molecular complexity index is 600. The molecule has 3 rings (SSSR count). The van der Waals surface area contributed by atoms with E-state index in [1.165, 1.54) is 11.4 Å². The van der Waals surface area contributed by atoms with Crippen LogP contribution in [0.3, 0.4) is 0 Å². The number of hydrogen-bond donors (Lipinski definition) is 0. The fourth-order valence-corrected chi connectivity index (χ4v) is 3.13. The van der Waals surface area contributed by atoms with Crippen LogP contribution in [0.2, 0.25) is 0 Å². The predicted octanol–water partition coefficient (Wildman–Crippen LogP) is 2.40. The first-order valence-electron chi connectivity index (χ1n) is 7.98. The van der Waals surface area contributed by atoms with Gasteiger partial charge in [0.15, 0.2) is 0 Å². The van der Waals surface area contributed by atoms with Crippen molar-refractivity contribution in [2.24, 2.45) is 7.05 Å². The molecule has 0 amide bonds. The van der Waals surface area contributed by atoms with Crippen LogP contribution in [-0.2, 0) is 13.5 Å². The largest absolute Gasteiger partial charge is 0.495 e. The summed E-state index contributed by atoms with van der Waals surface area (Å²) < 4.78 is 7.69. The number of nitrogens with zero attached hydrogens (tertiary/aromatic N) is 3. The van der Waals surface area contributed by atoms with Crippen molar-refractivity contribution >= 4 is 5.69 Å². The minimum absolute atomic E-state index is 0.972. The summed E-state index contributed by atoms with van der Waals surface area (Å²) in [5.41, 5.74) is 2.62. The molecule has 0 saturated carbocycles. The van der Waals surface area contributed by atoms with Gasteiger partial charge in [0.2, 0.25) is 0 Å². The van der Waals surface area contributed by atoms with Gasteiger partial charge in [0.25, 0.3) is 0 Å². The summed E-state index contributed by atoms with van der Waals surface area (Å²) in [5, 5.41) is 0. The summed E-state index contributed by atoms with van der Waals surface area (Å²) in [6.45, 7) is 5.49. The molecule has 1 aromatic heterocycles. The number of aromatic nitrogens is 1. The van der Waals surface area contributed by atoms with E-state index in [4.69, 9.17) is 4.74 Å². The molecule has 1 aromatic carbocycles. The number of methoxy groups -OCH3 is 1. The summed E-state index contributed by atoms with van der Waals surface area (Å²) in [4.78, 5) is 4.98. The Morgan fingerprint density at radius 3 is 2.45 bits per heavy atom. The molecule has 4 nitrogen and oxygen atoms in total. The number of benzene rings is 1. The van der Waals surface area contributed by atoms with E-state index in [2.05, 4.69) is 51.9 Å². The monoisotopic (exact) mass is 299 g/mol. The van der Waals surface area contributed by atoms with Crippen LogP contribution in [0.1, 0.15) is 5.69 Å². The highest BCUT2D eigenvalue weighted by Gasteiger charge is 2.19. The van der Waals surface area contributed by atoms with Crippen molar-refractivity contribution < 1.29 is 4.74 Å². The van der Waals surface area contributed by atoms with E-state index >= 15 is 0 Å². The molecule has 0 bridgehead atoms. The van der Waals surface area contributed by atoms with Crippen molar-refractivity contribution in [3.63, 3.8) is 0 Å². The number of piperazine rings is 1. The van der Waals surface area contributed by atoms with Crippen LogP contribution >= 0.6 is 0 Å². The molecule has 22 heavy (non-hydrogen) atoms. The van der Waals surface area contributed by atoms with Gasteiger partial charge in [-0.25, -0.2) is 0 Å². The molecule has 0 N–H and O–H groups in total. The lowest BCUT2D eigenvalue weighted by Crippen LogP contribution is -2.47. The van der Waals surface area contributed by atoms with E-state index in [9.17, 15) is 0 Å². The zero-order valence-corrected chi connectivity index (χ0v) is 13.5. The van der Waals surface area contributed by atoms with Crippen molar-refractivity contribution in [2.45, 2.75) is 6.42 Å². The molecule has 118 valence electrons. The lowest BCUT2D eigenvalue weighted by molar-refractivity contribution is 0.259. The SMILES string of the molecule is COc1ccccc1N1CCN(CCc2cccn2C)CC1. The van der Waals surface area contributed by atoms with Gasteiger partial charge in [0.1, 0.15) is 5.75 Å². The van der Waals surface area contributed by atoms with Crippen molar-refractivity contribution in [3.8, 4) is 5.75 Å². The Balaban J connectivity index is 1.53. The van der Waals surface area contributed by atoms with Crippen molar-refractivity contribution in [2.75, 3.05) is 44.7 Å². The van der Waals surface area contributed by atoms with Gasteiger partial charge in [-0.05, 0) is 24.3 Å². The fraction of sp³-hybridized carbons (Fsp3) is 0.444. The van der Waals surface area contributed by atoms with Gasteiger partial charge in [-0.3, -0.25) is 4.90 Å². The number of aryl methyl sites for hydroxylation is 1. The Morgan fingerprint density at radius 1 is 1.00 bits per heavy atom. The van der Waals surface area contributed by atoms with E-state index < -0.39 is 0 Å². The average molecular weight is 299 g/mol. The molecule has 1 saturated heterocycles. The Morgan fingerprint density at radius 2 is 1.77 bits per heavy atom. The molecule has 0 spiro atoms. The molecule has 0 atom stereocenters. The Hall–Kier alpha value is -1.94. The number of rotatable bonds is 5. The van der Waals surface area contributed by atoms with E-state index in [-0.39, 0.29) is 0 Å². The molecule has 0 radical (unpaired) electrons. The minimum atomic E-state index is 0.972. The van der Waals surface area contributed by atoms with Gasteiger partial charge in [-0.15, -0.1) is 0 Å². The zero-order valence-electron chi connectivity index (χ0n) is 13.5. The molecule has 1 aliphatic rings. The maximum atomic E-state index is 5.48. The third kappa shape index (κ3) is 3.28. The van der Waals surface area contributed by atoms with Gasteiger partial charge in [0.05, 0.1) is 12.8 Å². The number of anilines is 1. The normalized spacial score (nSPS) is 16.0. The van der Waals surface area contributed by atoms with Gasteiger partial charge >= 0.3 is 0 Å². The lowest BCUT2D eigenvalue weighted by Gasteiger charge is -2.36. The van der Waals surface area contributed by atoms with Crippen LogP contribution in [0.25, 0.3) is 0 Å². The van der Waals surface area contributed by atoms with E-state index in [1.807, 2.05) is 12.1 Å². The molecular weight excluding hydrogens is 274 g/mol. The van der Waals surface area contributed by atoms with Crippen LogP contribution < -0.4 is 9.64 Å². The maximum Gasteiger partial charge on any atom is 0.142 e. The van der Waals surface area contributed by atoms with Crippen LogP contribution in [0.5, 0.6) is 5.75 Å². The van der Waals surface area contributed by atoms with Crippen molar-refractivity contribution in [3.05, 3.63) is 48.3 Å². The standard InChI is InChI=1S/C18H25N3O/c1-19-10-5-6-16(19)9-11-20-12-14-21(15-13-20)17-7-3-4-8-18(17)22-2/h3-8,10H,9,11-15H2,1-2H3. The number of para-hydroxylation sites is 2. The first-order valence-corrected chi connectivity index (χ1v) is 7.98. The predicted molar refractivity (Wildman–Crippen MR) is 90.8 cm³/mol. The van der Waals surface area contributed by atoms with Gasteiger partial charge in [-0.2, -0.15) is 0 Å². The zero-order chi connectivity index (χ0) is 15.4. The maximum absolute atomic E-state index is 5.48. The minimum Gasteiger partial charge on any atom is -0.495 e. The smallest absolute Gasteiger partial charge is 0.142 e. The van der Waals surface area contributed by atoms with Crippen molar-refractivity contribution in [1.29, 1.82) is 0 Å². The summed E-state index contributed by atoms with van der Waals surface area (Å²) in [6, 6.07) is 12.6. The molecule has 2 heterocycles. The molecule has 0 unspecified atom stereocenters. The quantitative estimate of drug-likeness (QED) is 0.846. The molecule has 4 heteroatoms. The summed E-state index contributed by atoms with van der Waals surface area (Å²) in [7, 11) is 3.86. The fourth-order valence-electron chi connectivity index (χ4n) is 3.13. The van der Waals surface area contributed by atoms with Gasteiger partial charge in [-0.1, -0.05) is 12.1 Å². The number of ether oxygens (including phenoxy) is 1. The van der Waals surface area contributed by atoms with E-state index in [1.54, 1.807) is 7.11 Å². The molecule has 0 aliphatic carbocycles. The van der Waals surface area contributed by atoms with Crippen molar-refractivity contribution in [1.82, 2.24) is 9.47 Å². The molecule has 1 fully saturated rings. The highest BCUT2D eigenvalue weighted by atomic mass is 16.5. The van der Waals surface area contributed by atoms with Crippen LogP contribution in [-0.4, -0.2) is 49.3 Å². The van der Waals surface area contributed by atoms with E-state index in [0.29, 0.717) is 0 Å². The first-order chi connectivity index (χ1) is 10.8. The third-order valence-electron chi connectivity index (χ3n) is 4.53. The lowest BCUT2D eigenvalue weighted by atomic mass is 10.2. The highest BCUT2D eigenvalue weighted by molar-refractivity contribution is 5.58. The van der Waals surface area contributed by atoms with Gasteiger partial charge < -0.3 is 14.2 Å². The summed E-state index contributed by atoms with van der Waals surface area (Å²) >= 11 is 0. The second-order valence-electron chi connectivity index (χ2n) is 5.86. The second-order valence-corrected chi connectivity index (χ2v) is 5.86.